The van der Waals surface area contributed by atoms with Crippen molar-refractivity contribution in [2.24, 2.45) is 0 Å². The molecular weight excluding hydrogens is 240 g/mol. The molecule has 0 aliphatic carbocycles. The molecule has 3 N–H and O–H groups in total. The van der Waals surface area contributed by atoms with Crippen molar-refractivity contribution in [3.63, 3.8) is 0 Å². The molecule has 0 saturated carbocycles. The highest BCUT2D eigenvalue weighted by Crippen LogP contribution is 2.22. The number of nitrogens with two attached hydrogens (primary N) is 1. The molecule has 0 amide bonds. The van der Waals surface area contributed by atoms with Gasteiger partial charge in [-0.25, -0.2) is 0 Å². The Morgan fingerprint density at radius 2 is 2.19 bits per heavy atom. The number of thiophene rings is 1. The van der Waals surface area contributed by atoms with Gasteiger partial charge >= 0.3 is 0 Å². The third-order valence-corrected chi connectivity index (χ3v) is 3.29. The topological polar surface area (TPSA) is 38.0 Å². The maximum absolute atomic E-state index is 5.84. The predicted molar refractivity (Wildman–Crippen MR) is 72.4 cm³/mol. The van der Waals surface area contributed by atoms with Gasteiger partial charge in [0.2, 0.25) is 0 Å². The van der Waals surface area contributed by atoms with E-state index < -0.39 is 0 Å². The third-order valence-electron chi connectivity index (χ3n) is 2.32. The van der Waals surface area contributed by atoms with Gasteiger partial charge in [0, 0.05) is 11.6 Å². The van der Waals surface area contributed by atoms with Gasteiger partial charge in [0.25, 0.3) is 0 Å². The van der Waals surface area contributed by atoms with E-state index in [4.69, 9.17) is 17.3 Å². The van der Waals surface area contributed by atoms with Gasteiger partial charge < -0.3 is 11.1 Å². The minimum absolute atomic E-state index is 0.667. The first kappa shape index (κ1) is 11.3. The highest BCUT2D eigenvalue weighted by atomic mass is 35.5. The van der Waals surface area contributed by atoms with E-state index in [2.05, 4.69) is 22.1 Å². The summed E-state index contributed by atoms with van der Waals surface area (Å²) in [4.78, 5) is 0. The van der Waals surface area contributed by atoms with Crippen molar-refractivity contribution in [1.82, 2.24) is 0 Å². The van der Waals surface area contributed by atoms with E-state index in [1.165, 1.54) is 5.56 Å². The molecule has 1 heterocycles. The molecule has 84 valence electrons. The summed E-state index contributed by atoms with van der Waals surface area (Å²) in [5.41, 5.74) is 8.82. The van der Waals surface area contributed by atoms with E-state index in [1.807, 2.05) is 12.1 Å². The van der Waals surface area contributed by atoms with Crippen molar-refractivity contribution >= 4 is 34.3 Å². The zero-order valence-electron chi connectivity index (χ0n) is 8.74. The Bertz CT molecular complexity index is 454. The molecular formula is C12H13ClN2S. The van der Waals surface area contributed by atoms with Crippen molar-refractivity contribution < 1.29 is 0 Å². The van der Waals surface area contributed by atoms with E-state index in [1.54, 1.807) is 17.4 Å². The van der Waals surface area contributed by atoms with Crippen LogP contribution in [0.25, 0.3) is 0 Å². The monoisotopic (exact) mass is 252 g/mol. The molecule has 0 aliphatic rings. The summed E-state index contributed by atoms with van der Waals surface area (Å²) in [5, 5.41) is 8.22. The second-order valence-corrected chi connectivity index (χ2v) is 4.76. The lowest BCUT2D eigenvalue weighted by atomic mass is 10.2. The molecule has 16 heavy (non-hydrogen) atoms. The lowest BCUT2D eigenvalue weighted by Crippen LogP contribution is -2.06. The van der Waals surface area contributed by atoms with Crippen LogP contribution in [0.2, 0.25) is 5.02 Å². The third kappa shape index (κ3) is 2.90. The van der Waals surface area contributed by atoms with Gasteiger partial charge in [0.1, 0.15) is 0 Å². The van der Waals surface area contributed by atoms with E-state index in [-0.39, 0.29) is 0 Å². The largest absolute Gasteiger partial charge is 0.397 e. The molecule has 2 aromatic rings. The van der Waals surface area contributed by atoms with E-state index in [9.17, 15) is 0 Å². The molecule has 0 fully saturated rings. The van der Waals surface area contributed by atoms with Crippen LogP contribution < -0.4 is 11.1 Å². The van der Waals surface area contributed by atoms with Crippen molar-refractivity contribution in [1.29, 1.82) is 0 Å². The number of rotatable bonds is 4. The summed E-state index contributed by atoms with van der Waals surface area (Å²) in [7, 11) is 0. The molecule has 0 unspecified atom stereocenters. The van der Waals surface area contributed by atoms with Crippen LogP contribution in [0.5, 0.6) is 0 Å². The molecule has 0 atom stereocenters. The first-order valence-corrected chi connectivity index (χ1v) is 6.38. The maximum atomic E-state index is 5.84. The summed E-state index contributed by atoms with van der Waals surface area (Å²) in [6.07, 6.45) is 1.01. The van der Waals surface area contributed by atoms with Gasteiger partial charge in [-0.05, 0) is 47.0 Å². The molecule has 1 aromatic heterocycles. The summed E-state index contributed by atoms with van der Waals surface area (Å²) in [6, 6.07) is 7.64. The molecule has 0 aliphatic heterocycles. The van der Waals surface area contributed by atoms with Crippen molar-refractivity contribution in [3.8, 4) is 0 Å². The lowest BCUT2D eigenvalue weighted by molar-refractivity contribution is 1.03. The highest BCUT2D eigenvalue weighted by Gasteiger charge is 1.99. The van der Waals surface area contributed by atoms with Crippen LogP contribution in [0, 0.1) is 0 Å². The Balaban J connectivity index is 1.90. The van der Waals surface area contributed by atoms with Gasteiger partial charge in [-0.3, -0.25) is 0 Å². The van der Waals surface area contributed by atoms with Gasteiger partial charge in [-0.15, -0.1) is 0 Å². The quantitative estimate of drug-likeness (QED) is 0.816. The number of benzene rings is 1. The minimum Gasteiger partial charge on any atom is -0.397 e. The number of hydrogen-bond donors (Lipinski definition) is 2. The second kappa shape index (κ2) is 5.23. The number of nitrogen functional groups attached to an aromatic ring is 1. The summed E-state index contributed by atoms with van der Waals surface area (Å²) in [6.45, 7) is 0.878. The lowest BCUT2D eigenvalue weighted by Gasteiger charge is -2.08. The van der Waals surface area contributed by atoms with Crippen molar-refractivity contribution in [2.45, 2.75) is 6.42 Å². The number of anilines is 2. The van der Waals surface area contributed by atoms with Crippen molar-refractivity contribution in [2.75, 3.05) is 17.6 Å². The normalized spacial score (nSPS) is 10.3. The number of halogens is 1. The smallest absolute Gasteiger partial charge is 0.0575 e. The van der Waals surface area contributed by atoms with Crippen LogP contribution in [-0.4, -0.2) is 6.54 Å². The van der Waals surface area contributed by atoms with Crippen molar-refractivity contribution in [3.05, 3.63) is 45.6 Å². The van der Waals surface area contributed by atoms with Gasteiger partial charge in [-0.2, -0.15) is 11.3 Å². The Hall–Kier alpha value is -1.19. The van der Waals surface area contributed by atoms with E-state index >= 15 is 0 Å². The average molecular weight is 253 g/mol. The summed E-state index contributed by atoms with van der Waals surface area (Å²) >= 11 is 7.55. The molecule has 2 rings (SSSR count). The van der Waals surface area contributed by atoms with Gasteiger partial charge in [0.15, 0.2) is 0 Å². The standard InChI is InChI=1S/C12H13ClN2S/c13-10-1-2-12(11(14)7-10)15-5-3-9-4-6-16-8-9/h1-2,4,6-8,15H,3,5,14H2. The van der Waals surface area contributed by atoms with Crippen LogP contribution in [-0.2, 0) is 6.42 Å². The highest BCUT2D eigenvalue weighted by molar-refractivity contribution is 7.07. The zero-order valence-corrected chi connectivity index (χ0v) is 10.3. The first-order chi connectivity index (χ1) is 7.75. The fourth-order valence-electron chi connectivity index (χ4n) is 1.47. The predicted octanol–water partition coefficient (Wildman–Crippen LogP) is 3.64. The van der Waals surface area contributed by atoms with Crippen LogP contribution in [0.4, 0.5) is 11.4 Å². The average Bonchev–Trinajstić information content (AvgIpc) is 2.74. The number of nitrogens with one attached hydrogen (secondary N) is 1. The fraction of sp³-hybridized carbons (Fsp3) is 0.167. The second-order valence-electron chi connectivity index (χ2n) is 3.54. The Labute approximate surface area is 104 Å². The van der Waals surface area contributed by atoms with Crippen LogP contribution in [0.15, 0.2) is 35.0 Å². The minimum atomic E-state index is 0.667. The van der Waals surface area contributed by atoms with Crippen LogP contribution in [0.3, 0.4) is 0 Å². The molecule has 1 aromatic carbocycles. The van der Waals surface area contributed by atoms with Crippen LogP contribution in [0.1, 0.15) is 5.56 Å². The molecule has 4 heteroatoms. The SMILES string of the molecule is Nc1cc(Cl)ccc1NCCc1ccsc1. The number of hydrogen-bond acceptors (Lipinski definition) is 3. The Kier molecular flexibility index (Phi) is 3.70. The molecule has 0 bridgehead atoms. The molecule has 2 nitrogen and oxygen atoms in total. The Morgan fingerprint density at radius 1 is 1.31 bits per heavy atom. The van der Waals surface area contributed by atoms with Crippen LogP contribution >= 0.6 is 22.9 Å². The molecule has 0 spiro atoms. The van der Waals surface area contributed by atoms with E-state index in [0.717, 1.165) is 18.7 Å². The first-order valence-electron chi connectivity index (χ1n) is 5.05. The maximum Gasteiger partial charge on any atom is 0.0575 e. The summed E-state index contributed by atoms with van der Waals surface area (Å²) < 4.78 is 0. The molecule has 0 saturated heterocycles. The van der Waals surface area contributed by atoms with Gasteiger partial charge in [-0.1, -0.05) is 11.6 Å². The summed E-state index contributed by atoms with van der Waals surface area (Å²) in [5.74, 6) is 0. The van der Waals surface area contributed by atoms with E-state index in [0.29, 0.717) is 10.7 Å². The Morgan fingerprint density at radius 3 is 2.88 bits per heavy atom. The molecule has 0 radical (unpaired) electrons. The fourth-order valence-corrected chi connectivity index (χ4v) is 2.35. The van der Waals surface area contributed by atoms with Gasteiger partial charge in [0.05, 0.1) is 11.4 Å². The zero-order chi connectivity index (χ0) is 11.4.